The van der Waals surface area contributed by atoms with Crippen molar-refractivity contribution in [2.75, 3.05) is 18.5 Å². The number of ether oxygens (including phenoxy) is 1. The van der Waals surface area contributed by atoms with Gasteiger partial charge in [0.25, 0.3) is 0 Å². The molecular formula is C14H19NO2. The molecule has 0 atom stereocenters. The number of benzene rings is 1. The van der Waals surface area contributed by atoms with E-state index in [1.54, 1.807) is 13.0 Å². The smallest absolute Gasteiger partial charge is 0.330 e. The van der Waals surface area contributed by atoms with Gasteiger partial charge in [-0.05, 0) is 44.0 Å². The third-order valence-electron chi connectivity index (χ3n) is 2.19. The fourth-order valence-electron chi connectivity index (χ4n) is 1.60. The monoisotopic (exact) mass is 233 g/mol. The molecule has 1 rings (SSSR count). The largest absolute Gasteiger partial charge is 0.463 e. The molecule has 1 N–H and O–H groups in total. The van der Waals surface area contributed by atoms with Gasteiger partial charge in [0.05, 0.1) is 6.61 Å². The fraction of sp³-hybridized carbons (Fsp3) is 0.357. The average Bonchev–Trinajstić information content (AvgIpc) is 2.23. The van der Waals surface area contributed by atoms with E-state index in [1.165, 1.54) is 17.2 Å². The summed E-state index contributed by atoms with van der Waals surface area (Å²) in [6.45, 7) is 6.94. The summed E-state index contributed by atoms with van der Waals surface area (Å²) in [6, 6.07) is 6.27. The van der Waals surface area contributed by atoms with E-state index in [9.17, 15) is 4.79 Å². The number of carbonyl (C=O) groups excluding carboxylic acids is 1. The van der Waals surface area contributed by atoms with Crippen molar-refractivity contribution in [1.29, 1.82) is 0 Å². The molecule has 0 aromatic heterocycles. The Morgan fingerprint density at radius 3 is 2.53 bits per heavy atom. The van der Waals surface area contributed by atoms with Crippen LogP contribution in [0.1, 0.15) is 18.1 Å². The molecule has 1 aromatic carbocycles. The van der Waals surface area contributed by atoms with Gasteiger partial charge in [-0.15, -0.1) is 0 Å². The lowest BCUT2D eigenvalue weighted by atomic mass is 10.1. The van der Waals surface area contributed by atoms with Gasteiger partial charge in [0.2, 0.25) is 0 Å². The van der Waals surface area contributed by atoms with Crippen molar-refractivity contribution in [3.05, 3.63) is 41.5 Å². The summed E-state index contributed by atoms with van der Waals surface area (Å²) in [7, 11) is 0. The molecule has 3 heteroatoms. The highest BCUT2D eigenvalue weighted by Gasteiger charge is 1.95. The molecule has 0 heterocycles. The van der Waals surface area contributed by atoms with Crippen molar-refractivity contribution < 1.29 is 9.53 Å². The number of hydrogen-bond donors (Lipinski definition) is 1. The van der Waals surface area contributed by atoms with E-state index in [0.717, 1.165) is 5.69 Å². The summed E-state index contributed by atoms with van der Waals surface area (Å²) in [6.07, 6.45) is 3.20. The summed E-state index contributed by atoms with van der Waals surface area (Å²) in [4.78, 5) is 11.0. The summed E-state index contributed by atoms with van der Waals surface area (Å²) < 4.78 is 4.78. The number of hydrogen-bond acceptors (Lipinski definition) is 3. The predicted octanol–water partition coefficient (Wildman–Crippen LogP) is 2.83. The normalized spacial score (nSPS) is 10.5. The van der Waals surface area contributed by atoms with Gasteiger partial charge >= 0.3 is 5.97 Å². The average molecular weight is 233 g/mol. The molecule has 0 fully saturated rings. The van der Waals surface area contributed by atoms with Gasteiger partial charge in [-0.2, -0.15) is 0 Å². The zero-order valence-corrected chi connectivity index (χ0v) is 10.6. The Hall–Kier alpha value is -1.77. The van der Waals surface area contributed by atoms with E-state index >= 15 is 0 Å². The van der Waals surface area contributed by atoms with Gasteiger partial charge in [-0.25, -0.2) is 4.79 Å². The zero-order valence-electron chi connectivity index (χ0n) is 10.6. The van der Waals surface area contributed by atoms with Crippen molar-refractivity contribution in [3.8, 4) is 0 Å². The van der Waals surface area contributed by atoms with Crippen LogP contribution in [0.3, 0.4) is 0 Å². The lowest BCUT2D eigenvalue weighted by Gasteiger charge is -2.06. The number of anilines is 1. The van der Waals surface area contributed by atoms with Gasteiger partial charge in [0.15, 0.2) is 0 Å². The molecule has 0 spiro atoms. The van der Waals surface area contributed by atoms with E-state index in [1.807, 2.05) is 0 Å². The molecule has 17 heavy (non-hydrogen) atoms. The second-order valence-corrected chi connectivity index (χ2v) is 3.91. The number of nitrogens with one attached hydrogen (secondary N) is 1. The summed E-state index contributed by atoms with van der Waals surface area (Å²) >= 11 is 0. The molecule has 0 radical (unpaired) electrons. The van der Waals surface area contributed by atoms with Crippen LogP contribution in [-0.4, -0.2) is 19.1 Å². The SMILES string of the molecule is CCOC(=O)/C=C/CNc1cc(C)cc(C)c1. The van der Waals surface area contributed by atoms with Gasteiger partial charge in [0, 0.05) is 18.3 Å². The van der Waals surface area contributed by atoms with Crippen LogP contribution in [0.2, 0.25) is 0 Å². The summed E-state index contributed by atoms with van der Waals surface area (Å²) in [5.41, 5.74) is 3.51. The predicted molar refractivity (Wildman–Crippen MR) is 70.2 cm³/mol. The van der Waals surface area contributed by atoms with Crippen LogP contribution in [0.15, 0.2) is 30.4 Å². The first-order chi connectivity index (χ1) is 8.11. The van der Waals surface area contributed by atoms with E-state index in [0.29, 0.717) is 13.2 Å². The maximum absolute atomic E-state index is 11.0. The van der Waals surface area contributed by atoms with Crippen LogP contribution in [0.4, 0.5) is 5.69 Å². The Balaban J connectivity index is 2.43. The first-order valence-electron chi connectivity index (χ1n) is 5.77. The molecule has 0 amide bonds. The number of aryl methyl sites for hydroxylation is 2. The number of rotatable bonds is 5. The summed E-state index contributed by atoms with van der Waals surface area (Å²) in [5, 5.41) is 3.23. The van der Waals surface area contributed by atoms with E-state index < -0.39 is 0 Å². The Kier molecular flexibility index (Phi) is 5.27. The minimum atomic E-state index is -0.297. The first-order valence-corrected chi connectivity index (χ1v) is 5.77. The maximum atomic E-state index is 11.0. The quantitative estimate of drug-likeness (QED) is 0.627. The van der Waals surface area contributed by atoms with Crippen LogP contribution < -0.4 is 5.32 Å². The van der Waals surface area contributed by atoms with Gasteiger partial charge < -0.3 is 10.1 Å². The van der Waals surface area contributed by atoms with Crippen molar-refractivity contribution in [3.63, 3.8) is 0 Å². The van der Waals surface area contributed by atoms with Crippen molar-refractivity contribution in [2.45, 2.75) is 20.8 Å². The standard InChI is InChI=1S/C14H19NO2/c1-4-17-14(16)6-5-7-15-13-9-11(2)8-12(3)10-13/h5-6,8-10,15H,4,7H2,1-3H3/b6-5+. The third kappa shape index (κ3) is 5.20. The molecule has 0 aliphatic heterocycles. The topological polar surface area (TPSA) is 38.3 Å². The molecule has 3 nitrogen and oxygen atoms in total. The highest BCUT2D eigenvalue weighted by Crippen LogP contribution is 2.13. The molecule has 0 bridgehead atoms. The van der Waals surface area contributed by atoms with Crippen LogP contribution in [-0.2, 0) is 9.53 Å². The molecule has 0 saturated carbocycles. The zero-order chi connectivity index (χ0) is 12.7. The van der Waals surface area contributed by atoms with Gasteiger partial charge in [-0.1, -0.05) is 12.1 Å². The highest BCUT2D eigenvalue weighted by molar-refractivity contribution is 5.81. The molecule has 0 unspecified atom stereocenters. The Morgan fingerprint density at radius 1 is 1.29 bits per heavy atom. The van der Waals surface area contributed by atoms with E-state index in [-0.39, 0.29) is 5.97 Å². The van der Waals surface area contributed by atoms with Crippen LogP contribution >= 0.6 is 0 Å². The van der Waals surface area contributed by atoms with E-state index in [2.05, 4.69) is 37.4 Å². The molecule has 92 valence electrons. The minimum Gasteiger partial charge on any atom is -0.463 e. The van der Waals surface area contributed by atoms with Crippen molar-refractivity contribution in [2.24, 2.45) is 0 Å². The summed E-state index contributed by atoms with van der Waals surface area (Å²) in [5.74, 6) is -0.297. The second-order valence-electron chi connectivity index (χ2n) is 3.91. The van der Waals surface area contributed by atoms with Crippen molar-refractivity contribution in [1.82, 2.24) is 0 Å². The lowest BCUT2D eigenvalue weighted by molar-refractivity contribution is -0.137. The van der Waals surface area contributed by atoms with E-state index in [4.69, 9.17) is 4.74 Å². The molecular weight excluding hydrogens is 214 g/mol. The number of esters is 1. The second kappa shape index (κ2) is 6.74. The third-order valence-corrected chi connectivity index (χ3v) is 2.19. The molecule has 1 aromatic rings. The fourth-order valence-corrected chi connectivity index (χ4v) is 1.60. The highest BCUT2D eigenvalue weighted by atomic mass is 16.5. The molecule has 0 saturated heterocycles. The lowest BCUT2D eigenvalue weighted by Crippen LogP contribution is -2.02. The van der Waals surface area contributed by atoms with Gasteiger partial charge in [0.1, 0.15) is 0 Å². The van der Waals surface area contributed by atoms with Crippen molar-refractivity contribution >= 4 is 11.7 Å². The number of carbonyl (C=O) groups is 1. The molecule has 0 aliphatic rings. The molecule has 0 aliphatic carbocycles. The maximum Gasteiger partial charge on any atom is 0.330 e. The Labute approximate surface area is 102 Å². The van der Waals surface area contributed by atoms with Gasteiger partial charge in [-0.3, -0.25) is 0 Å². The van der Waals surface area contributed by atoms with Crippen LogP contribution in [0.5, 0.6) is 0 Å². The minimum absolute atomic E-state index is 0.297. The first kappa shape index (κ1) is 13.3. The van der Waals surface area contributed by atoms with Crippen LogP contribution in [0, 0.1) is 13.8 Å². The Morgan fingerprint density at radius 2 is 1.94 bits per heavy atom. The van der Waals surface area contributed by atoms with Crippen LogP contribution in [0.25, 0.3) is 0 Å². The Bertz CT molecular complexity index is 390.